The van der Waals surface area contributed by atoms with Gasteiger partial charge in [0.2, 0.25) is 6.10 Å². The number of nitrogens with one attached hydrogen (secondary N) is 1. The van der Waals surface area contributed by atoms with Crippen molar-refractivity contribution in [2.75, 3.05) is 6.61 Å². The molecule has 1 heterocycles. The molecule has 3 aliphatic carbocycles. The van der Waals surface area contributed by atoms with Crippen LogP contribution in [-0.4, -0.2) is 106 Å². The van der Waals surface area contributed by atoms with Gasteiger partial charge in [-0.3, -0.25) is 24.0 Å². The molecule has 3 aromatic rings. The Kier molecular flexibility index (Phi) is 13.2. The predicted molar refractivity (Wildman–Crippen MR) is 232 cm³/mol. The number of benzene rings is 3. The Morgan fingerprint density at radius 2 is 1.42 bits per heavy atom. The minimum absolute atomic E-state index is 0.0190. The van der Waals surface area contributed by atoms with Crippen LogP contribution in [0.4, 0.5) is 0 Å². The van der Waals surface area contributed by atoms with Gasteiger partial charge >= 0.3 is 29.8 Å². The molecule has 11 atom stereocenters. The molecule has 4 aliphatic rings. The Labute approximate surface area is 381 Å². The standard InChI is InChI=1S/C50H55NO15/c1-8-36(55)64-40(38(30-18-12-9-13-19-30)51-44(57)31-20-14-10-15-21-31)46(59)63-33-25-50(60)43(65-45(58)32-22-16-11-17-23-32)41-48(7,34(54)24-35-49(41,26-61-35)66-29(4)53)42(56)39(62-28(3)52)37(27(33)2)47(50,5)6/h9-23,33-35,38-41,43,54,60H,8,24-26H2,1-7H3,(H,51,57)/t33?,34-,35+,38-,39+,40?,41?,43-,48+,49-,50+/m1/s1. The first kappa shape index (κ1) is 47.7. The summed E-state index contributed by atoms with van der Waals surface area (Å²) in [6.45, 7) is 9.46. The van der Waals surface area contributed by atoms with E-state index >= 15 is 4.79 Å². The smallest absolute Gasteiger partial charge is 0.350 e. The zero-order valence-corrected chi connectivity index (χ0v) is 37.8. The highest BCUT2D eigenvalue weighted by atomic mass is 16.6. The van der Waals surface area contributed by atoms with Crippen LogP contribution in [0, 0.1) is 16.7 Å². The molecule has 66 heavy (non-hydrogen) atoms. The van der Waals surface area contributed by atoms with Gasteiger partial charge in [0, 0.05) is 44.1 Å². The fraction of sp³-hybridized carbons (Fsp3) is 0.460. The van der Waals surface area contributed by atoms with Crippen LogP contribution in [0.2, 0.25) is 0 Å². The lowest BCUT2D eigenvalue weighted by Gasteiger charge is -2.67. The molecular weight excluding hydrogens is 855 g/mol. The second-order valence-electron chi connectivity index (χ2n) is 18.2. The number of hydrogen-bond donors (Lipinski definition) is 3. The number of amides is 1. The quantitative estimate of drug-likeness (QED) is 0.127. The van der Waals surface area contributed by atoms with Gasteiger partial charge in [0.05, 0.1) is 29.6 Å². The van der Waals surface area contributed by atoms with Gasteiger partial charge in [0.25, 0.3) is 5.91 Å². The highest BCUT2D eigenvalue weighted by molar-refractivity contribution is 5.96. The van der Waals surface area contributed by atoms with Crippen LogP contribution in [0.1, 0.15) is 100 Å². The number of Topliss-reactive ketones (excluding diaryl/α,β-unsaturated/α-hetero) is 1. The molecule has 0 aromatic heterocycles. The van der Waals surface area contributed by atoms with Crippen LogP contribution in [-0.2, 0) is 52.4 Å². The van der Waals surface area contributed by atoms with Gasteiger partial charge in [0.1, 0.15) is 30.0 Å². The topological polar surface area (TPSA) is 227 Å². The lowest BCUT2D eigenvalue weighted by Crippen LogP contribution is -2.82. The molecule has 1 saturated heterocycles. The van der Waals surface area contributed by atoms with Gasteiger partial charge in [-0.1, -0.05) is 87.5 Å². The van der Waals surface area contributed by atoms with E-state index in [1.165, 1.54) is 32.9 Å². The third-order valence-electron chi connectivity index (χ3n) is 14.0. The van der Waals surface area contributed by atoms with Crippen LogP contribution in [0.15, 0.2) is 102 Å². The molecule has 1 amide bonds. The SMILES string of the molecule is CCC(=O)OC(C(=O)OC1C[C@]2(O)[C@H](OC(=O)c3ccccc3)C3[C@@]4(OC(C)=O)CO[C@H]4C[C@@H](O)[C@]3(C)C(=O)[C@@H](OC(C)=O)C(=C1C)C2(C)C)[C@H](NC(=O)c1ccccc1)c1ccccc1. The zero-order valence-electron chi connectivity index (χ0n) is 37.8. The molecule has 3 aromatic carbocycles. The van der Waals surface area contributed by atoms with Crippen LogP contribution in [0.25, 0.3) is 0 Å². The van der Waals surface area contributed by atoms with E-state index in [-0.39, 0.29) is 41.7 Å². The van der Waals surface area contributed by atoms with Crippen molar-refractivity contribution in [3.05, 3.63) is 119 Å². The molecule has 16 nitrogen and oxygen atoms in total. The molecule has 1 aliphatic heterocycles. The largest absolute Gasteiger partial charge is 0.455 e. The summed E-state index contributed by atoms with van der Waals surface area (Å²) in [5.41, 5.74) is -7.19. The van der Waals surface area contributed by atoms with Crippen molar-refractivity contribution < 1.29 is 72.2 Å². The first-order chi connectivity index (χ1) is 31.2. The molecule has 0 spiro atoms. The highest BCUT2D eigenvalue weighted by Crippen LogP contribution is 2.64. The minimum atomic E-state index is -2.43. The number of carbonyl (C=O) groups is 7. The van der Waals surface area contributed by atoms with E-state index in [1.807, 2.05) is 0 Å². The Hall–Kier alpha value is -6.23. The van der Waals surface area contributed by atoms with E-state index in [9.17, 15) is 39.0 Å². The summed E-state index contributed by atoms with van der Waals surface area (Å²) in [5.74, 6) is -7.68. The van der Waals surface area contributed by atoms with Crippen LogP contribution in [0.3, 0.4) is 0 Å². The van der Waals surface area contributed by atoms with E-state index in [4.69, 9.17) is 28.4 Å². The van der Waals surface area contributed by atoms with E-state index in [1.54, 1.807) is 92.7 Å². The molecule has 3 fully saturated rings. The van der Waals surface area contributed by atoms with Crippen molar-refractivity contribution in [1.82, 2.24) is 5.32 Å². The second-order valence-corrected chi connectivity index (χ2v) is 18.2. The van der Waals surface area contributed by atoms with Crippen molar-refractivity contribution in [3.63, 3.8) is 0 Å². The van der Waals surface area contributed by atoms with Crippen molar-refractivity contribution in [3.8, 4) is 0 Å². The predicted octanol–water partition coefficient (Wildman–Crippen LogP) is 4.70. The number of carbonyl (C=O) groups excluding carboxylic acids is 7. The fourth-order valence-corrected chi connectivity index (χ4v) is 10.5. The van der Waals surface area contributed by atoms with E-state index < -0.39 is 119 Å². The number of ketones is 1. The van der Waals surface area contributed by atoms with Gasteiger partial charge in [-0.05, 0) is 54.8 Å². The number of esters is 5. The molecule has 0 radical (unpaired) electrons. The van der Waals surface area contributed by atoms with E-state index in [0.29, 0.717) is 5.56 Å². The average Bonchev–Trinajstić information content (AvgIpc) is 3.28. The van der Waals surface area contributed by atoms with Crippen LogP contribution in [0.5, 0.6) is 0 Å². The lowest BCUT2D eigenvalue weighted by atomic mass is 9.44. The maximum atomic E-state index is 15.6. The van der Waals surface area contributed by atoms with Crippen LogP contribution < -0.4 is 5.32 Å². The van der Waals surface area contributed by atoms with Crippen molar-refractivity contribution in [1.29, 1.82) is 0 Å². The van der Waals surface area contributed by atoms with Crippen molar-refractivity contribution in [2.45, 2.75) is 122 Å². The first-order valence-corrected chi connectivity index (χ1v) is 21.9. The summed E-state index contributed by atoms with van der Waals surface area (Å²) < 4.78 is 36.4. The number of aliphatic hydroxyl groups excluding tert-OH is 1. The Morgan fingerprint density at radius 3 is 1.97 bits per heavy atom. The maximum absolute atomic E-state index is 15.6. The van der Waals surface area contributed by atoms with Gasteiger partial charge in [-0.25, -0.2) is 9.59 Å². The number of aliphatic hydroxyl groups is 2. The maximum Gasteiger partial charge on any atom is 0.350 e. The summed E-state index contributed by atoms with van der Waals surface area (Å²) in [6, 6.07) is 23.0. The minimum Gasteiger partial charge on any atom is -0.455 e. The second kappa shape index (κ2) is 18.2. The molecular formula is C50H55NO15. The van der Waals surface area contributed by atoms with E-state index in [2.05, 4.69) is 5.32 Å². The number of hydrogen-bond acceptors (Lipinski definition) is 15. The van der Waals surface area contributed by atoms with Gasteiger partial charge in [0.15, 0.2) is 17.5 Å². The van der Waals surface area contributed by atoms with Gasteiger partial charge < -0.3 is 44.0 Å². The Bertz CT molecular complexity index is 2420. The third kappa shape index (κ3) is 8.19. The number of fused-ring (bicyclic) bond motifs is 5. The van der Waals surface area contributed by atoms with Gasteiger partial charge in [-0.15, -0.1) is 0 Å². The molecule has 2 bridgehead atoms. The summed E-state index contributed by atoms with van der Waals surface area (Å²) in [4.78, 5) is 98.0. The zero-order chi connectivity index (χ0) is 47.9. The summed E-state index contributed by atoms with van der Waals surface area (Å²) >= 11 is 0. The Morgan fingerprint density at radius 1 is 0.833 bits per heavy atom. The number of ether oxygens (including phenoxy) is 6. The molecule has 2 saturated carbocycles. The molecule has 350 valence electrons. The monoisotopic (exact) mass is 909 g/mol. The van der Waals surface area contributed by atoms with Crippen LogP contribution >= 0.6 is 0 Å². The number of rotatable bonds is 12. The summed E-state index contributed by atoms with van der Waals surface area (Å²) in [5, 5.41) is 28.8. The molecule has 3 N–H and O–H groups in total. The normalized spacial score (nSPS) is 30.5. The van der Waals surface area contributed by atoms with Crippen molar-refractivity contribution >= 4 is 41.5 Å². The fourth-order valence-electron chi connectivity index (χ4n) is 10.5. The summed E-state index contributed by atoms with van der Waals surface area (Å²) in [6.07, 6.45) is -10.7. The molecule has 16 heteroatoms. The van der Waals surface area contributed by atoms with Crippen molar-refractivity contribution in [2.24, 2.45) is 16.7 Å². The average molecular weight is 910 g/mol. The first-order valence-electron chi connectivity index (χ1n) is 21.9. The van der Waals surface area contributed by atoms with E-state index in [0.717, 1.165) is 13.8 Å². The molecule has 3 unspecified atom stereocenters. The molecule has 7 rings (SSSR count). The highest BCUT2D eigenvalue weighted by Gasteiger charge is 2.78. The third-order valence-corrected chi connectivity index (χ3v) is 14.0. The Balaban J connectivity index is 1.42. The summed E-state index contributed by atoms with van der Waals surface area (Å²) in [7, 11) is 0. The van der Waals surface area contributed by atoms with Gasteiger partial charge in [-0.2, -0.15) is 0 Å². The lowest BCUT2D eigenvalue weighted by molar-refractivity contribution is -0.346.